The molecule has 0 aliphatic heterocycles. The third kappa shape index (κ3) is 7.52. The average molecular weight is 505 g/mol. The van der Waals surface area contributed by atoms with Crippen LogP contribution in [0.1, 0.15) is 23.9 Å². The van der Waals surface area contributed by atoms with E-state index < -0.39 is 0 Å². The van der Waals surface area contributed by atoms with Crippen LogP contribution in [0.15, 0.2) is 60.3 Å². The first-order chi connectivity index (χ1) is 16.0. The Morgan fingerprint density at radius 3 is 2.70 bits per heavy atom. The van der Waals surface area contributed by atoms with Crippen molar-refractivity contribution in [1.82, 2.24) is 20.1 Å². The fourth-order valence-electron chi connectivity index (χ4n) is 3.06. The van der Waals surface area contributed by atoms with Crippen molar-refractivity contribution in [2.24, 2.45) is 0 Å². The lowest BCUT2D eigenvalue weighted by molar-refractivity contribution is -0.118. The molecule has 174 valence electrons. The molecule has 3 rings (SSSR count). The van der Waals surface area contributed by atoms with Crippen molar-refractivity contribution in [1.29, 1.82) is 0 Å². The van der Waals surface area contributed by atoms with Crippen LogP contribution in [-0.2, 0) is 30.8 Å². The van der Waals surface area contributed by atoms with Gasteiger partial charge in [0, 0.05) is 23.1 Å². The van der Waals surface area contributed by atoms with Crippen LogP contribution >= 0.6 is 35.0 Å². The van der Waals surface area contributed by atoms with Crippen molar-refractivity contribution in [3.8, 4) is 5.75 Å². The molecule has 0 aliphatic carbocycles. The maximum absolute atomic E-state index is 12.3. The fourth-order valence-corrected chi connectivity index (χ4v) is 4.36. The van der Waals surface area contributed by atoms with Crippen molar-refractivity contribution in [2.75, 3.05) is 12.3 Å². The number of rotatable bonds is 12. The van der Waals surface area contributed by atoms with Gasteiger partial charge >= 0.3 is 0 Å². The number of halogens is 2. The predicted octanol–water partition coefficient (Wildman–Crippen LogP) is 5.36. The van der Waals surface area contributed by atoms with Crippen LogP contribution in [0, 0.1) is 0 Å². The van der Waals surface area contributed by atoms with Gasteiger partial charge in [-0.1, -0.05) is 66.2 Å². The lowest BCUT2D eigenvalue weighted by atomic mass is 10.1. The summed E-state index contributed by atoms with van der Waals surface area (Å²) < 4.78 is 7.77. The summed E-state index contributed by atoms with van der Waals surface area (Å²) in [7, 11) is 0. The van der Waals surface area contributed by atoms with Crippen molar-refractivity contribution in [3.05, 3.63) is 82.1 Å². The van der Waals surface area contributed by atoms with Gasteiger partial charge in [0.05, 0.1) is 5.75 Å². The van der Waals surface area contributed by atoms with Crippen molar-refractivity contribution < 1.29 is 9.53 Å². The van der Waals surface area contributed by atoms with Crippen LogP contribution in [0.25, 0.3) is 0 Å². The molecule has 33 heavy (non-hydrogen) atoms. The van der Waals surface area contributed by atoms with E-state index in [1.54, 1.807) is 18.2 Å². The molecule has 6 nitrogen and oxygen atoms in total. The highest BCUT2D eigenvalue weighted by atomic mass is 35.5. The van der Waals surface area contributed by atoms with Gasteiger partial charge in [-0.3, -0.25) is 9.36 Å². The first kappa shape index (κ1) is 25.1. The highest BCUT2D eigenvalue weighted by Crippen LogP contribution is 2.22. The third-order valence-electron chi connectivity index (χ3n) is 4.87. The van der Waals surface area contributed by atoms with Crippen LogP contribution < -0.4 is 10.1 Å². The molecule has 0 spiro atoms. The van der Waals surface area contributed by atoms with Crippen molar-refractivity contribution in [3.63, 3.8) is 0 Å². The zero-order chi connectivity index (χ0) is 23.6. The normalized spacial score (nSPS) is 10.8. The monoisotopic (exact) mass is 504 g/mol. The SMILES string of the molecule is C=CCn1c(COc2ccc(CC)cc2)nnc1SCC(=O)NCCc1ccc(Cl)cc1Cl. The largest absolute Gasteiger partial charge is 0.486 e. The summed E-state index contributed by atoms with van der Waals surface area (Å²) in [5.74, 6) is 1.58. The minimum Gasteiger partial charge on any atom is -0.486 e. The molecule has 0 bridgehead atoms. The number of nitrogens with one attached hydrogen (secondary N) is 1. The molecule has 1 amide bonds. The molecule has 0 saturated carbocycles. The number of allylic oxidation sites excluding steroid dienone is 1. The van der Waals surface area contributed by atoms with E-state index in [1.165, 1.54) is 17.3 Å². The molecule has 1 N–H and O–H groups in total. The second kappa shape index (κ2) is 12.7. The topological polar surface area (TPSA) is 69.0 Å². The number of carbonyl (C=O) groups is 1. The summed E-state index contributed by atoms with van der Waals surface area (Å²) in [4.78, 5) is 12.3. The maximum Gasteiger partial charge on any atom is 0.230 e. The van der Waals surface area contributed by atoms with Gasteiger partial charge in [-0.25, -0.2) is 0 Å². The summed E-state index contributed by atoms with van der Waals surface area (Å²) in [5, 5.41) is 13.2. The minimum absolute atomic E-state index is 0.0907. The van der Waals surface area contributed by atoms with Gasteiger partial charge < -0.3 is 10.1 Å². The Morgan fingerprint density at radius 2 is 2.00 bits per heavy atom. The zero-order valence-corrected chi connectivity index (χ0v) is 20.7. The smallest absolute Gasteiger partial charge is 0.230 e. The van der Waals surface area contributed by atoms with E-state index in [9.17, 15) is 4.79 Å². The molecule has 0 saturated heterocycles. The number of amides is 1. The number of nitrogens with zero attached hydrogens (tertiary/aromatic N) is 3. The number of carbonyl (C=O) groups excluding carboxylic acids is 1. The molecule has 0 unspecified atom stereocenters. The molecule has 0 aliphatic rings. The molecule has 0 radical (unpaired) electrons. The molecule has 3 aromatic rings. The maximum atomic E-state index is 12.3. The number of hydrogen-bond donors (Lipinski definition) is 1. The van der Waals surface area contributed by atoms with Crippen molar-refractivity contribution in [2.45, 2.75) is 38.1 Å². The van der Waals surface area contributed by atoms with Crippen LogP contribution in [0.4, 0.5) is 0 Å². The molecular formula is C24H26Cl2N4O2S. The average Bonchev–Trinajstić information content (AvgIpc) is 3.20. The Hall–Kier alpha value is -2.48. The van der Waals surface area contributed by atoms with Gasteiger partial charge in [0.1, 0.15) is 12.4 Å². The van der Waals surface area contributed by atoms with Gasteiger partial charge in [0.25, 0.3) is 0 Å². The van der Waals surface area contributed by atoms with E-state index in [2.05, 4.69) is 29.0 Å². The highest BCUT2D eigenvalue weighted by molar-refractivity contribution is 7.99. The highest BCUT2D eigenvalue weighted by Gasteiger charge is 2.14. The zero-order valence-electron chi connectivity index (χ0n) is 18.4. The Labute approximate surface area is 208 Å². The third-order valence-corrected chi connectivity index (χ3v) is 6.42. The Morgan fingerprint density at radius 1 is 1.21 bits per heavy atom. The first-order valence-electron chi connectivity index (χ1n) is 10.6. The van der Waals surface area contributed by atoms with Gasteiger partial charge in [0.2, 0.25) is 5.91 Å². The Kier molecular flexibility index (Phi) is 9.66. The quantitative estimate of drug-likeness (QED) is 0.265. The van der Waals surface area contributed by atoms with E-state index in [4.69, 9.17) is 27.9 Å². The predicted molar refractivity (Wildman–Crippen MR) is 134 cm³/mol. The van der Waals surface area contributed by atoms with E-state index in [0.29, 0.717) is 40.5 Å². The second-order valence-electron chi connectivity index (χ2n) is 7.21. The van der Waals surface area contributed by atoms with Crippen LogP contribution in [0.3, 0.4) is 0 Å². The van der Waals surface area contributed by atoms with E-state index in [1.807, 2.05) is 34.9 Å². The van der Waals surface area contributed by atoms with Gasteiger partial charge in [0.15, 0.2) is 11.0 Å². The van der Waals surface area contributed by atoms with Crippen LogP contribution in [0.2, 0.25) is 10.0 Å². The number of aryl methyl sites for hydroxylation is 1. The number of aromatic nitrogens is 3. The van der Waals surface area contributed by atoms with E-state index in [-0.39, 0.29) is 18.3 Å². The van der Waals surface area contributed by atoms with Gasteiger partial charge in [-0.05, 0) is 48.2 Å². The number of benzene rings is 2. The molecular weight excluding hydrogens is 479 g/mol. The van der Waals surface area contributed by atoms with E-state index in [0.717, 1.165) is 17.7 Å². The van der Waals surface area contributed by atoms with Crippen LogP contribution in [-0.4, -0.2) is 33.0 Å². The number of thioether (sulfide) groups is 1. The molecule has 1 aromatic heterocycles. The second-order valence-corrected chi connectivity index (χ2v) is 8.99. The number of ether oxygens (including phenoxy) is 1. The van der Waals surface area contributed by atoms with Crippen LogP contribution in [0.5, 0.6) is 5.75 Å². The summed E-state index contributed by atoms with van der Waals surface area (Å²) in [6.45, 7) is 7.21. The molecule has 0 atom stereocenters. The standard InChI is InChI=1S/C24H26Cl2N4O2S/c1-3-13-30-22(15-32-20-9-5-17(4-2)6-10-20)28-29-24(30)33-16-23(31)27-12-11-18-7-8-19(25)14-21(18)26/h3,5-10,14H,1,4,11-13,15-16H2,2H3,(H,27,31). The van der Waals surface area contributed by atoms with Gasteiger partial charge in [-0.2, -0.15) is 0 Å². The Bertz CT molecular complexity index is 1090. The molecule has 0 fully saturated rings. The van der Waals surface area contributed by atoms with Gasteiger partial charge in [-0.15, -0.1) is 16.8 Å². The summed E-state index contributed by atoms with van der Waals surface area (Å²) in [6.07, 6.45) is 3.37. The van der Waals surface area contributed by atoms with E-state index >= 15 is 0 Å². The molecule has 1 heterocycles. The van der Waals surface area contributed by atoms with Crippen molar-refractivity contribution >= 4 is 40.9 Å². The molecule has 2 aromatic carbocycles. The fraction of sp³-hybridized carbons (Fsp3) is 0.292. The summed E-state index contributed by atoms with van der Waals surface area (Å²) in [5.41, 5.74) is 2.19. The lowest BCUT2D eigenvalue weighted by Crippen LogP contribution is -2.27. The first-order valence-corrected chi connectivity index (χ1v) is 12.3. The Balaban J connectivity index is 1.50. The number of hydrogen-bond acceptors (Lipinski definition) is 5. The summed E-state index contributed by atoms with van der Waals surface area (Å²) in [6, 6.07) is 13.3. The summed E-state index contributed by atoms with van der Waals surface area (Å²) >= 11 is 13.4. The molecule has 9 heteroatoms. The minimum atomic E-state index is -0.0907. The lowest BCUT2D eigenvalue weighted by Gasteiger charge is -2.10.